The minimum atomic E-state index is -4.49. The van der Waals surface area contributed by atoms with Crippen LogP contribution >= 0.6 is 0 Å². The van der Waals surface area contributed by atoms with Crippen LogP contribution in [0.15, 0.2) is 12.3 Å². The summed E-state index contributed by atoms with van der Waals surface area (Å²) in [7, 11) is -0.891. The maximum atomic E-state index is 14.4. The van der Waals surface area contributed by atoms with E-state index >= 15 is 0 Å². The van der Waals surface area contributed by atoms with Gasteiger partial charge in [-0.1, -0.05) is 6.92 Å². The zero-order chi connectivity index (χ0) is 23.1. The summed E-state index contributed by atoms with van der Waals surface area (Å²) in [5.74, 6) is 0.0192. The van der Waals surface area contributed by atoms with Crippen molar-refractivity contribution in [2.45, 2.75) is 89.8 Å². The van der Waals surface area contributed by atoms with Crippen LogP contribution in [0.3, 0.4) is 0 Å². The number of aromatic nitrogens is 2. The average molecular weight is 450 g/mol. The molecular formula is C23H30BF3N2O3. The Bertz CT molecular complexity index is 1030. The quantitative estimate of drug-likeness (QED) is 0.605. The molecule has 1 aromatic heterocycles. The molecule has 32 heavy (non-hydrogen) atoms. The van der Waals surface area contributed by atoms with Crippen molar-refractivity contribution in [1.82, 2.24) is 9.78 Å². The van der Waals surface area contributed by atoms with E-state index in [-0.39, 0.29) is 18.1 Å². The van der Waals surface area contributed by atoms with Crippen LogP contribution in [-0.4, -0.2) is 34.7 Å². The maximum Gasteiger partial charge on any atom is 0.495 e. The first kappa shape index (κ1) is 22.2. The predicted molar refractivity (Wildman–Crippen MR) is 116 cm³/mol. The van der Waals surface area contributed by atoms with E-state index in [1.165, 1.54) is 6.07 Å². The summed E-state index contributed by atoms with van der Waals surface area (Å²) in [5.41, 5.74) is -0.724. The van der Waals surface area contributed by atoms with Crippen molar-refractivity contribution in [3.63, 3.8) is 0 Å². The van der Waals surface area contributed by atoms with Crippen LogP contribution in [0.5, 0.6) is 0 Å². The third-order valence-electron chi connectivity index (χ3n) is 7.69. The number of ether oxygens (including phenoxy) is 1. The largest absolute Gasteiger partial charge is 0.495 e. The lowest BCUT2D eigenvalue weighted by molar-refractivity contribution is -0.138. The normalized spacial score (nSPS) is 29.6. The summed E-state index contributed by atoms with van der Waals surface area (Å²) in [6.45, 7) is 10.2. The SMILES string of the molecule is C[C@@H]1C[C@@H]1c1c(C(F)(F)F)cc2c(cnn2C2CCCCO2)c1B1OC(C)(C)C(C)(C)O1. The third-order valence-corrected chi connectivity index (χ3v) is 7.69. The highest BCUT2D eigenvalue weighted by molar-refractivity contribution is 6.65. The molecule has 9 heteroatoms. The molecule has 3 atom stereocenters. The molecular weight excluding hydrogens is 420 g/mol. The molecule has 2 aliphatic heterocycles. The van der Waals surface area contributed by atoms with E-state index in [1.807, 2.05) is 34.6 Å². The number of fused-ring (bicyclic) bond motifs is 1. The highest BCUT2D eigenvalue weighted by Crippen LogP contribution is 2.52. The second-order valence-electron chi connectivity index (χ2n) is 10.5. The zero-order valence-corrected chi connectivity index (χ0v) is 19.3. The molecule has 3 fully saturated rings. The van der Waals surface area contributed by atoms with Crippen LogP contribution in [-0.2, 0) is 20.2 Å². The lowest BCUT2D eigenvalue weighted by Gasteiger charge is -2.32. The fraction of sp³-hybridized carbons (Fsp3) is 0.696. The van der Waals surface area contributed by atoms with E-state index in [9.17, 15) is 13.2 Å². The first-order valence-corrected chi connectivity index (χ1v) is 11.5. The smallest absolute Gasteiger partial charge is 0.399 e. The van der Waals surface area contributed by atoms with E-state index < -0.39 is 30.1 Å². The number of halogens is 3. The number of hydrogen-bond donors (Lipinski definition) is 0. The fourth-order valence-electron chi connectivity index (χ4n) is 4.95. The summed E-state index contributed by atoms with van der Waals surface area (Å²) >= 11 is 0. The monoisotopic (exact) mass is 450 g/mol. The van der Waals surface area contributed by atoms with Crippen molar-refractivity contribution in [1.29, 1.82) is 0 Å². The first-order chi connectivity index (χ1) is 14.9. The Morgan fingerprint density at radius 3 is 2.31 bits per heavy atom. The topological polar surface area (TPSA) is 45.5 Å². The summed E-state index contributed by atoms with van der Waals surface area (Å²) < 4.78 is 63.2. The van der Waals surface area contributed by atoms with Gasteiger partial charge >= 0.3 is 13.3 Å². The molecule has 1 aliphatic carbocycles. The van der Waals surface area contributed by atoms with E-state index in [1.54, 1.807) is 10.9 Å². The molecule has 2 aromatic rings. The van der Waals surface area contributed by atoms with Gasteiger partial charge in [-0.15, -0.1) is 0 Å². The Balaban J connectivity index is 1.75. The molecule has 0 N–H and O–H groups in total. The number of benzene rings is 1. The van der Waals surface area contributed by atoms with Gasteiger partial charge in [0.25, 0.3) is 0 Å². The van der Waals surface area contributed by atoms with Gasteiger partial charge in [0.1, 0.15) is 0 Å². The van der Waals surface area contributed by atoms with Gasteiger partial charge < -0.3 is 14.0 Å². The first-order valence-electron chi connectivity index (χ1n) is 11.5. The lowest BCUT2D eigenvalue weighted by Crippen LogP contribution is -2.41. The van der Waals surface area contributed by atoms with Gasteiger partial charge in [-0.05, 0) is 82.3 Å². The minimum absolute atomic E-state index is 0.167. The molecule has 174 valence electrons. The Kier molecular flexibility index (Phi) is 5.01. The van der Waals surface area contributed by atoms with Crippen LogP contribution in [0.2, 0.25) is 0 Å². The van der Waals surface area contributed by atoms with Crippen molar-refractivity contribution in [2.75, 3.05) is 6.61 Å². The Labute approximate surface area is 186 Å². The molecule has 0 amide bonds. The van der Waals surface area contributed by atoms with Gasteiger partial charge in [0.05, 0.1) is 28.5 Å². The third kappa shape index (κ3) is 3.48. The number of nitrogens with zero attached hydrogens (tertiary/aromatic N) is 2. The molecule has 2 saturated heterocycles. The van der Waals surface area contributed by atoms with Gasteiger partial charge in [0.2, 0.25) is 0 Å². The highest BCUT2D eigenvalue weighted by Gasteiger charge is 2.55. The van der Waals surface area contributed by atoms with Crippen LogP contribution in [0.1, 0.15) is 83.6 Å². The van der Waals surface area contributed by atoms with Gasteiger partial charge in [-0.25, -0.2) is 4.68 Å². The van der Waals surface area contributed by atoms with Crippen molar-refractivity contribution in [2.24, 2.45) is 5.92 Å². The molecule has 3 heterocycles. The highest BCUT2D eigenvalue weighted by atomic mass is 19.4. The molecule has 0 spiro atoms. The summed E-state index contributed by atoms with van der Waals surface area (Å²) in [6, 6.07) is 1.26. The lowest BCUT2D eigenvalue weighted by atomic mass is 9.71. The minimum Gasteiger partial charge on any atom is -0.399 e. The van der Waals surface area contributed by atoms with Crippen molar-refractivity contribution in [3.8, 4) is 0 Å². The van der Waals surface area contributed by atoms with Crippen molar-refractivity contribution >= 4 is 23.5 Å². The average Bonchev–Trinajstić information content (AvgIpc) is 3.18. The van der Waals surface area contributed by atoms with Gasteiger partial charge in [0.15, 0.2) is 6.23 Å². The number of hydrogen-bond acceptors (Lipinski definition) is 4. The Morgan fingerprint density at radius 1 is 1.12 bits per heavy atom. The molecule has 0 bridgehead atoms. The summed E-state index contributed by atoms with van der Waals surface area (Å²) in [6.07, 6.45) is 0.162. The molecule has 5 rings (SSSR count). The van der Waals surface area contributed by atoms with Crippen LogP contribution in [0, 0.1) is 5.92 Å². The predicted octanol–water partition coefficient (Wildman–Crippen LogP) is 5.18. The summed E-state index contributed by atoms with van der Waals surface area (Å²) in [5, 5.41) is 5.15. The van der Waals surface area contributed by atoms with Crippen LogP contribution < -0.4 is 5.46 Å². The molecule has 0 radical (unpaired) electrons. The van der Waals surface area contributed by atoms with Gasteiger partial charge in [0, 0.05) is 12.0 Å². The van der Waals surface area contributed by atoms with E-state index in [2.05, 4.69) is 5.10 Å². The van der Waals surface area contributed by atoms with Gasteiger partial charge in [-0.3, -0.25) is 0 Å². The zero-order valence-electron chi connectivity index (χ0n) is 19.3. The molecule has 5 nitrogen and oxygen atoms in total. The number of alkyl halides is 3. The summed E-state index contributed by atoms with van der Waals surface area (Å²) in [4.78, 5) is 0. The molecule has 3 aliphatic rings. The second-order valence-corrected chi connectivity index (χ2v) is 10.5. The van der Waals surface area contributed by atoms with E-state index in [4.69, 9.17) is 14.0 Å². The van der Waals surface area contributed by atoms with Crippen molar-refractivity contribution < 1.29 is 27.2 Å². The Morgan fingerprint density at radius 2 is 1.78 bits per heavy atom. The Hall–Kier alpha value is -1.58. The van der Waals surface area contributed by atoms with Crippen LogP contribution in [0.25, 0.3) is 10.9 Å². The standard InChI is InChI=1S/C23H30BF3N2O3/c1-13-10-14(13)19-16(23(25,26)27)11-17-15(12-28-29(17)18-8-6-7-9-30-18)20(19)24-31-21(2,3)22(4,5)32-24/h11-14,18H,6-10H2,1-5H3/t13-,14+,18?/m1/s1. The molecule has 1 saturated carbocycles. The van der Waals surface area contributed by atoms with Crippen molar-refractivity contribution in [3.05, 3.63) is 23.4 Å². The van der Waals surface area contributed by atoms with Crippen LogP contribution in [0.4, 0.5) is 13.2 Å². The molecule has 1 unspecified atom stereocenters. The maximum absolute atomic E-state index is 14.4. The van der Waals surface area contributed by atoms with Gasteiger partial charge in [-0.2, -0.15) is 18.3 Å². The second kappa shape index (κ2) is 7.21. The van der Waals surface area contributed by atoms with E-state index in [0.717, 1.165) is 25.7 Å². The van der Waals surface area contributed by atoms with E-state index in [0.29, 0.717) is 28.5 Å². The number of rotatable bonds is 3. The fourth-order valence-corrected chi connectivity index (χ4v) is 4.95. The molecule has 1 aromatic carbocycles.